The molecule has 0 saturated carbocycles. The Hall–Kier alpha value is -3.13. The number of fused-ring (bicyclic) bond motifs is 1. The highest BCUT2D eigenvalue weighted by atomic mass is 16.4. The van der Waals surface area contributed by atoms with Crippen LogP contribution in [-0.4, -0.2) is 20.6 Å². The molecule has 0 atom stereocenters. The average molecular weight is 263 g/mol. The average Bonchev–Trinajstić information content (AvgIpc) is 2.90. The van der Waals surface area contributed by atoms with E-state index < -0.39 is 5.97 Å². The number of aromatic nitrogens is 2. The van der Waals surface area contributed by atoms with Gasteiger partial charge in [-0.1, -0.05) is 6.07 Å². The highest BCUT2D eigenvalue weighted by molar-refractivity contribution is 5.88. The van der Waals surface area contributed by atoms with Gasteiger partial charge in [0.1, 0.15) is 6.33 Å². The topological polar surface area (TPSA) is 78.9 Å². The SMILES string of the molecule is N#Cc1ccc2c(c1)ncn2-c1cccc(C(=O)O)c1. The lowest BCUT2D eigenvalue weighted by Crippen LogP contribution is -1.99. The van der Waals surface area contributed by atoms with Gasteiger partial charge >= 0.3 is 5.97 Å². The van der Waals surface area contributed by atoms with Crippen molar-refractivity contribution in [2.75, 3.05) is 0 Å². The summed E-state index contributed by atoms with van der Waals surface area (Å²) >= 11 is 0. The number of nitriles is 1. The molecule has 0 saturated heterocycles. The van der Waals surface area contributed by atoms with Crippen molar-refractivity contribution in [2.45, 2.75) is 0 Å². The number of rotatable bonds is 2. The third-order valence-electron chi connectivity index (χ3n) is 3.05. The summed E-state index contributed by atoms with van der Waals surface area (Å²) in [6.45, 7) is 0. The van der Waals surface area contributed by atoms with Gasteiger partial charge in [0.05, 0.1) is 28.2 Å². The molecule has 5 nitrogen and oxygen atoms in total. The van der Waals surface area contributed by atoms with E-state index in [0.29, 0.717) is 11.1 Å². The molecule has 1 N–H and O–H groups in total. The molecular weight excluding hydrogens is 254 g/mol. The second-order valence-electron chi connectivity index (χ2n) is 4.29. The zero-order chi connectivity index (χ0) is 14.1. The van der Waals surface area contributed by atoms with Crippen LogP contribution in [0.3, 0.4) is 0 Å². The van der Waals surface area contributed by atoms with Gasteiger partial charge in [0.15, 0.2) is 0 Å². The summed E-state index contributed by atoms with van der Waals surface area (Å²) in [6, 6.07) is 13.9. The second kappa shape index (κ2) is 4.52. The van der Waals surface area contributed by atoms with Gasteiger partial charge in [-0.2, -0.15) is 5.26 Å². The quantitative estimate of drug-likeness (QED) is 0.770. The molecular formula is C15H9N3O2. The number of benzene rings is 2. The lowest BCUT2D eigenvalue weighted by Gasteiger charge is -2.05. The molecule has 3 rings (SSSR count). The summed E-state index contributed by atoms with van der Waals surface area (Å²) in [6.07, 6.45) is 1.62. The maximum Gasteiger partial charge on any atom is 0.335 e. The first kappa shape index (κ1) is 11.9. The van der Waals surface area contributed by atoms with Crippen LogP contribution in [0.2, 0.25) is 0 Å². The highest BCUT2D eigenvalue weighted by Gasteiger charge is 2.08. The Morgan fingerprint density at radius 3 is 2.85 bits per heavy atom. The van der Waals surface area contributed by atoms with Crippen LogP contribution in [0.4, 0.5) is 0 Å². The molecule has 0 aliphatic carbocycles. The van der Waals surface area contributed by atoms with Crippen molar-refractivity contribution in [3.63, 3.8) is 0 Å². The largest absolute Gasteiger partial charge is 0.478 e. The van der Waals surface area contributed by atoms with Gasteiger partial charge in [-0.15, -0.1) is 0 Å². The first-order chi connectivity index (χ1) is 9.69. The van der Waals surface area contributed by atoms with Crippen LogP contribution < -0.4 is 0 Å². The molecule has 0 unspecified atom stereocenters. The van der Waals surface area contributed by atoms with Crippen LogP contribution in [0.15, 0.2) is 48.8 Å². The zero-order valence-corrected chi connectivity index (χ0v) is 10.3. The van der Waals surface area contributed by atoms with E-state index in [0.717, 1.165) is 11.2 Å². The Kier molecular flexibility index (Phi) is 2.70. The van der Waals surface area contributed by atoms with Crippen LogP contribution in [0, 0.1) is 11.3 Å². The van der Waals surface area contributed by atoms with E-state index in [1.165, 1.54) is 0 Å². The maximum atomic E-state index is 11.0. The van der Waals surface area contributed by atoms with Crippen molar-refractivity contribution in [1.29, 1.82) is 5.26 Å². The Bertz CT molecular complexity index is 859. The number of nitrogens with zero attached hydrogens (tertiary/aromatic N) is 3. The predicted molar refractivity (Wildman–Crippen MR) is 72.7 cm³/mol. The first-order valence-corrected chi connectivity index (χ1v) is 5.90. The standard InChI is InChI=1S/C15H9N3O2/c16-8-10-4-5-14-13(6-10)17-9-18(14)12-3-1-2-11(7-12)15(19)20/h1-7,9H,(H,19,20). The van der Waals surface area contributed by atoms with E-state index in [1.54, 1.807) is 47.3 Å². The second-order valence-corrected chi connectivity index (χ2v) is 4.29. The number of hydrogen-bond acceptors (Lipinski definition) is 3. The molecule has 0 aliphatic rings. The minimum absolute atomic E-state index is 0.220. The number of carboxylic acids is 1. The monoisotopic (exact) mass is 263 g/mol. The molecule has 0 fully saturated rings. The smallest absolute Gasteiger partial charge is 0.335 e. The number of carbonyl (C=O) groups is 1. The molecule has 3 aromatic rings. The predicted octanol–water partition coefficient (Wildman–Crippen LogP) is 2.60. The van der Waals surface area contributed by atoms with Crippen LogP contribution in [0.25, 0.3) is 16.7 Å². The summed E-state index contributed by atoms with van der Waals surface area (Å²) in [5.41, 5.74) is 3.01. The van der Waals surface area contributed by atoms with Crippen LogP contribution in [-0.2, 0) is 0 Å². The number of aromatic carboxylic acids is 1. The fourth-order valence-corrected chi connectivity index (χ4v) is 2.08. The van der Waals surface area contributed by atoms with Crippen molar-refractivity contribution in [1.82, 2.24) is 9.55 Å². The molecule has 0 radical (unpaired) electrons. The van der Waals surface area contributed by atoms with Crippen molar-refractivity contribution in [3.8, 4) is 11.8 Å². The lowest BCUT2D eigenvalue weighted by molar-refractivity contribution is 0.0697. The van der Waals surface area contributed by atoms with E-state index in [1.807, 2.05) is 6.07 Å². The molecule has 5 heteroatoms. The van der Waals surface area contributed by atoms with Gasteiger partial charge in [-0.25, -0.2) is 9.78 Å². The molecule has 1 aromatic heterocycles. The normalized spacial score (nSPS) is 10.3. The van der Waals surface area contributed by atoms with E-state index in [-0.39, 0.29) is 5.56 Å². The first-order valence-electron chi connectivity index (χ1n) is 5.90. The minimum atomic E-state index is -0.969. The number of carboxylic acid groups (broad SMARTS) is 1. The highest BCUT2D eigenvalue weighted by Crippen LogP contribution is 2.20. The van der Waals surface area contributed by atoms with Crippen molar-refractivity contribution in [2.24, 2.45) is 0 Å². The summed E-state index contributed by atoms with van der Waals surface area (Å²) in [7, 11) is 0. The van der Waals surface area contributed by atoms with Crippen LogP contribution >= 0.6 is 0 Å². The number of imidazole rings is 1. The van der Waals surface area contributed by atoms with E-state index in [2.05, 4.69) is 11.1 Å². The van der Waals surface area contributed by atoms with Gasteiger partial charge < -0.3 is 5.11 Å². The fourth-order valence-electron chi connectivity index (χ4n) is 2.08. The Morgan fingerprint density at radius 1 is 1.25 bits per heavy atom. The molecule has 0 aliphatic heterocycles. The molecule has 96 valence electrons. The van der Waals surface area contributed by atoms with E-state index >= 15 is 0 Å². The van der Waals surface area contributed by atoms with E-state index in [4.69, 9.17) is 10.4 Å². The van der Waals surface area contributed by atoms with Gasteiger partial charge in [0.2, 0.25) is 0 Å². The Morgan fingerprint density at radius 2 is 2.10 bits per heavy atom. The Balaban J connectivity index is 2.18. The summed E-state index contributed by atoms with van der Waals surface area (Å²) in [5, 5.41) is 17.9. The van der Waals surface area contributed by atoms with Crippen molar-refractivity contribution in [3.05, 3.63) is 59.9 Å². The van der Waals surface area contributed by atoms with Crippen molar-refractivity contribution >= 4 is 17.0 Å². The molecule has 2 aromatic carbocycles. The van der Waals surface area contributed by atoms with Crippen molar-refractivity contribution < 1.29 is 9.90 Å². The molecule has 0 bridgehead atoms. The summed E-state index contributed by atoms with van der Waals surface area (Å²) in [5.74, 6) is -0.969. The molecule has 20 heavy (non-hydrogen) atoms. The maximum absolute atomic E-state index is 11.0. The fraction of sp³-hybridized carbons (Fsp3) is 0. The lowest BCUT2D eigenvalue weighted by atomic mass is 10.2. The molecule has 1 heterocycles. The van der Waals surface area contributed by atoms with Gasteiger partial charge in [-0.3, -0.25) is 4.57 Å². The Labute approximate surface area is 114 Å². The van der Waals surface area contributed by atoms with Crippen LogP contribution in [0.1, 0.15) is 15.9 Å². The van der Waals surface area contributed by atoms with Gasteiger partial charge in [-0.05, 0) is 36.4 Å². The zero-order valence-electron chi connectivity index (χ0n) is 10.3. The third-order valence-corrected chi connectivity index (χ3v) is 3.05. The third kappa shape index (κ3) is 1.89. The van der Waals surface area contributed by atoms with Gasteiger partial charge in [0.25, 0.3) is 0 Å². The summed E-state index contributed by atoms with van der Waals surface area (Å²) in [4.78, 5) is 15.3. The number of hydrogen-bond donors (Lipinski definition) is 1. The summed E-state index contributed by atoms with van der Waals surface area (Å²) < 4.78 is 1.79. The van der Waals surface area contributed by atoms with Crippen LogP contribution in [0.5, 0.6) is 0 Å². The minimum Gasteiger partial charge on any atom is -0.478 e. The van der Waals surface area contributed by atoms with E-state index in [9.17, 15) is 4.79 Å². The molecule has 0 spiro atoms. The molecule has 0 amide bonds. The van der Waals surface area contributed by atoms with Gasteiger partial charge in [0, 0.05) is 5.69 Å².